The number of thioether (sulfide) groups is 1. The van der Waals surface area contributed by atoms with Gasteiger partial charge in [-0.15, -0.1) is 0 Å². The summed E-state index contributed by atoms with van der Waals surface area (Å²) in [7, 11) is 0. The lowest BCUT2D eigenvalue weighted by Gasteiger charge is -2.36. The number of benzene rings is 2. The van der Waals surface area contributed by atoms with E-state index in [9.17, 15) is 9.18 Å². The molecule has 1 aliphatic heterocycles. The molecule has 9 heteroatoms. The van der Waals surface area contributed by atoms with Gasteiger partial charge >= 0.3 is 0 Å². The molecule has 0 spiro atoms. The molecule has 31 heavy (non-hydrogen) atoms. The van der Waals surface area contributed by atoms with Crippen LogP contribution in [0, 0.1) is 5.82 Å². The molecular formula is C22H21ClFN5OS. The van der Waals surface area contributed by atoms with E-state index in [2.05, 4.69) is 49.4 Å². The van der Waals surface area contributed by atoms with Gasteiger partial charge in [-0.05, 0) is 36.4 Å². The highest BCUT2D eigenvalue weighted by Crippen LogP contribution is 2.22. The van der Waals surface area contributed by atoms with Crippen LogP contribution >= 0.6 is 23.4 Å². The third kappa shape index (κ3) is 5.65. The Labute approximate surface area is 189 Å². The Morgan fingerprint density at radius 2 is 1.81 bits per heavy atom. The summed E-state index contributed by atoms with van der Waals surface area (Å²) < 4.78 is 13.2. The van der Waals surface area contributed by atoms with Gasteiger partial charge in [0.1, 0.15) is 11.6 Å². The predicted octanol–water partition coefficient (Wildman–Crippen LogP) is 4.33. The number of carbonyl (C=O) groups excluding carboxylic acids is 1. The Morgan fingerprint density at radius 1 is 1.06 bits per heavy atom. The molecule has 0 saturated carbocycles. The molecule has 160 valence electrons. The number of nitrogens with zero attached hydrogens (tertiary/aromatic N) is 4. The van der Waals surface area contributed by atoms with Gasteiger partial charge in [-0.3, -0.25) is 4.79 Å². The first-order chi connectivity index (χ1) is 15.1. The molecule has 1 saturated heterocycles. The maximum absolute atomic E-state index is 13.2. The monoisotopic (exact) mass is 457 g/mol. The van der Waals surface area contributed by atoms with Crippen LogP contribution < -0.4 is 15.1 Å². The molecule has 6 nitrogen and oxygen atoms in total. The van der Waals surface area contributed by atoms with Gasteiger partial charge in [0.05, 0.1) is 10.8 Å². The minimum atomic E-state index is -0.524. The SMILES string of the molecule is O=C(CSc1nccc(N2CCN(c3ccccc3)CC2)n1)Nc1ccc(F)c(Cl)c1. The standard InChI is InChI=1S/C22H21ClFN5OS/c23-18-14-16(6-7-19(18)24)26-21(30)15-31-22-25-9-8-20(27-22)29-12-10-28(11-13-29)17-4-2-1-3-5-17/h1-9,14H,10-13,15H2,(H,26,30). The van der Waals surface area contributed by atoms with E-state index in [4.69, 9.17) is 11.6 Å². The highest BCUT2D eigenvalue weighted by atomic mass is 35.5. The molecule has 2 aromatic carbocycles. The predicted molar refractivity (Wildman–Crippen MR) is 124 cm³/mol. The van der Waals surface area contributed by atoms with Crippen molar-refractivity contribution >= 4 is 46.5 Å². The summed E-state index contributed by atoms with van der Waals surface area (Å²) in [5.74, 6) is 0.234. The number of hydrogen-bond acceptors (Lipinski definition) is 6. The summed E-state index contributed by atoms with van der Waals surface area (Å²) in [6, 6.07) is 16.3. The van der Waals surface area contributed by atoms with Crippen molar-refractivity contribution in [3.05, 3.63) is 71.6 Å². The summed E-state index contributed by atoms with van der Waals surface area (Å²) in [4.78, 5) is 25.7. The Hall–Kier alpha value is -2.84. The minimum Gasteiger partial charge on any atom is -0.368 e. The average molecular weight is 458 g/mol. The lowest BCUT2D eigenvalue weighted by Crippen LogP contribution is -2.46. The molecule has 3 aromatic rings. The maximum atomic E-state index is 13.2. The first-order valence-corrected chi connectivity index (χ1v) is 11.2. The van der Waals surface area contributed by atoms with Crippen molar-refractivity contribution in [2.45, 2.75) is 5.16 Å². The molecule has 1 aromatic heterocycles. The van der Waals surface area contributed by atoms with Gasteiger partial charge in [0.25, 0.3) is 0 Å². The molecule has 1 fully saturated rings. The van der Waals surface area contributed by atoms with Crippen LogP contribution in [0.15, 0.2) is 66.0 Å². The average Bonchev–Trinajstić information content (AvgIpc) is 2.81. The van der Waals surface area contributed by atoms with E-state index < -0.39 is 5.82 Å². The van der Waals surface area contributed by atoms with E-state index >= 15 is 0 Å². The number of nitrogens with one attached hydrogen (secondary N) is 1. The number of anilines is 3. The topological polar surface area (TPSA) is 61.4 Å². The Morgan fingerprint density at radius 3 is 2.55 bits per heavy atom. The summed E-state index contributed by atoms with van der Waals surface area (Å²) in [6.45, 7) is 3.56. The van der Waals surface area contributed by atoms with Crippen LogP contribution in [0.25, 0.3) is 0 Å². The molecule has 1 N–H and O–H groups in total. The largest absolute Gasteiger partial charge is 0.368 e. The van der Waals surface area contributed by atoms with E-state index in [0.717, 1.165) is 32.0 Å². The van der Waals surface area contributed by atoms with Gasteiger partial charge in [0, 0.05) is 43.8 Å². The smallest absolute Gasteiger partial charge is 0.234 e. The number of para-hydroxylation sites is 1. The third-order valence-corrected chi connectivity index (χ3v) is 6.03. The first kappa shape index (κ1) is 21.4. The second-order valence-electron chi connectivity index (χ2n) is 6.97. The minimum absolute atomic E-state index is 0.0335. The summed E-state index contributed by atoms with van der Waals surface area (Å²) in [5, 5.41) is 3.20. The van der Waals surface area contributed by atoms with Crippen LogP contribution in [-0.2, 0) is 4.79 Å². The van der Waals surface area contributed by atoms with Crippen LogP contribution in [-0.4, -0.2) is 47.8 Å². The molecule has 1 amide bonds. The van der Waals surface area contributed by atoms with Crippen LogP contribution in [0.4, 0.5) is 21.6 Å². The van der Waals surface area contributed by atoms with Gasteiger partial charge in [0.2, 0.25) is 5.91 Å². The van der Waals surface area contributed by atoms with Gasteiger partial charge < -0.3 is 15.1 Å². The zero-order valence-corrected chi connectivity index (χ0v) is 18.2. The molecule has 0 radical (unpaired) electrons. The molecule has 2 heterocycles. The van der Waals surface area contributed by atoms with Crippen molar-refractivity contribution in [1.29, 1.82) is 0 Å². The fourth-order valence-corrected chi connectivity index (χ4v) is 4.12. The molecule has 4 rings (SSSR count). The molecule has 1 aliphatic rings. The van der Waals surface area contributed by atoms with E-state index in [1.165, 1.54) is 35.6 Å². The number of amides is 1. The lowest BCUT2D eigenvalue weighted by atomic mass is 10.2. The number of piperazine rings is 1. The Balaban J connectivity index is 1.30. The van der Waals surface area contributed by atoms with E-state index in [-0.39, 0.29) is 16.7 Å². The maximum Gasteiger partial charge on any atom is 0.234 e. The second kappa shape index (κ2) is 9.98. The Kier molecular flexibility index (Phi) is 6.89. The van der Waals surface area contributed by atoms with Crippen LogP contribution in [0.3, 0.4) is 0 Å². The fourth-order valence-electron chi connectivity index (χ4n) is 3.31. The zero-order valence-electron chi connectivity index (χ0n) is 16.7. The number of rotatable bonds is 6. The van der Waals surface area contributed by atoms with E-state index in [1.807, 2.05) is 12.1 Å². The number of carbonyl (C=O) groups is 1. The zero-order chi connectivity index (χ0) is 21.6. The van der Waals surface area contributed by atoms with Gasteiger partial charge in [-0.25, -0.2) is 14.4 Å². The van der Waals surface area contributed by atoms with Gasteiger partial charge in [-0.2, -0.15) is 0 Å². The molecule has 0 bridgehead atoms. The van der Waals surface area contributed by atoms with E-state index in [1.54, 1.807) is 6.20 Å². The highest BCUT2D eigenvalue weighted by Gasteiger charge is 2.19. The van der Waals surface area contributed by atoms with Gasteiger partial charge in [0.15, 0.2) is 5.16 Å². The highest BCUT2D eigenvalue weighted by molar-refractivity contribution is 7.99. The van der Waals surface area contributed by atoms with Crippen molar-refractivity contribution in [2.24, 2.45) is 0 Å². The molecule has 0 atom stereocenters. The Bertz CT molecular complexity index is 1050. The lowest BCUT2D eigenvalue weighted by molar-refractivity contribution is -0.113. The quantitative estimate of drug-likeness (QED) is 0.439. The fraction of sp³-hybridized carbons (Fsp3) is 0.227. The second-order valence-corrected chi connectivity index (χ2v) is 8.32. The number of halogens is 2. The first-order valence-electron chi connectivity index (χ1n) is 9.84. The molecular weight excluding hydrogens is 437 g/mol. The van der Waals surface area contributed by atoms with Crippen molar-refractivity contribution in [3.63, 3.8) is 0 Å². The van der Waals surface area contributed by atoms with Crippen LogP contribution in [0.2, 0.25) is 5.02 Å². The number of aromatic nitrogens is 2. The van der Waals surface area contributed by atoms with Crippen LogP contribution in [0.5, 0.6) is 0 Å². The molecule has 0 unspecified atom stereocenters. The van der Waals surface area contributed by atoms with Gasteiger partial charge in [-0.1, -0.05) is 41.6 Å². The van der Waals surface area contributed by atoms with Crippen LogP contribution in [0.1, 0.15) is 0 Å². The van der Waals surface area contributed by atoms with Crippen molar-refractivity contribution < 1.29 is 9.18 Å². The normalized spacial score (nSPS) is 13.9. The molecule has 0 aliphatic carbocycles. The van der Waals surface area contributed by atoms with E-state index in [0.29, 0.717) is 10.8 Å². The van der Waals surface area contributed by atoms with Crippen molar-refractivity contribution in [2.75, 3.05) is 47.0 Å². The number of hydrogen-bond donors (Lipinski definition) is 1. The van der Waals surface area contributed by atoms with Crippen molar-refractivity contribution in [1.82, 2.24) is 9.97 Å². The summed E-state index contributed by atoms with van der Waals surface area (Å²) in [6.07, 6.45) is 1.71. The van der Waals surface area contributed by atoms with Crippen molar-refractivity contribution in [3.8, 4) is 0 Å². The summed E-state index contributed by atoms with van der Waals surface area (Å²) in [5.41, 5.74) is 1.68. The summed E-state index contributed by atoms with van der Waals surface area (Å²) >= 11 is 7.00. The third-order valence-electron chi connectivity index (χ3n) is 4.88.